The summed E-state index contributed by atoms with van der Waals surface area (Å²) in [6.45, 7) is 8.32. The Hall–Kier alpha value is -1.46. The van der Waals surface area contributed by atoms with Crippen molar-refractivity contribution in [3.05, 3.63) is 29.8 Å². The largest absolute Gasteiger partial charge is 0.389 e. The Kier molecular flexibility index (Phi) is 4.64. The summed E-state index contributed by atoms with van der Waals surface area (Å²) in [4.78, 5) is 15.0. The first-order valence-electron chi connectivity index (χ1n) is 7.24. The lowest BCUT2D eigenvalue weighted by Gasteiger charge is -2.25. The Morgan fingerprint density at radius 3 is 2.67 bits per heavy atom. The van der Waals surface area contributed by atoms with Gasteiger partial charge < -0.3 is 11.1 Å². The van der Waals surface area contributed by atoms with Crippen LogP contribution in [-0.4, -0.2) is 34.9 Å². The number of nitrogens with zero attached hydrogens (tertiary/aromatic N) is 1. The molecule has 4 nitrogen and oxygen atoms in total. The molecule has 5 heteroatoms. The summed E-state index contributed by atoms with van der Waals surface area (Å²) >= 11 is 5.02. The minimum absolute atomic E-state index is 0.0172. The number of rotatable bonds is 4. The molecule has 1 aromatic carbocycles. The monoisotopic (exact) mass is 305 g/mol. The topological polar surface area (TPSA) is 58.4 Å². The average Bonchev–Trinajstić information content (AvgIpc) is 2.78. The highest BCUT2D eigenvalue weighted by Crippen LogP contribution is 2.30. The zero-order valence-electron chi connectivity index (χ0n) is 12.8. The molecular formula is C16H23N3OS. The molecule has 3 N–H and O–H groups in total. The number of hydrogen-bond donors (Lipinski definition) is 2. The number of likely N-dealkylation sites (tertiary alicyclic amines) is 1. The Bertz CT molecular complexity index is 556. The Balaban J connectivity index is 2.07. The molecule has 114 valence electrons. The van der Waals surface area contributed by atoms with Gasteiger partial charge in [0.1, 0.15) is 4.99 Å². The predicted molar refractivity (Wildman–Crippen MR) is 90.4 cm³/mol. The van der Waals surface area contributed by atoms with Crippen molar-refractivity contribution in [1.29, 1.82) is 0 Å². The van der Waals surface area contributed by atoms with E-state index in [2.05, 4.69) is 24.1 Å². The maximum atomic E-state index is 12.4. The maximum Gasteiger partial charge on any atom is 0.241 e. The van der Waals surface area contributed by atoms with Crippen molar-refractivity contribution in [3.63, 3.8) is 0 Å². The van der Waals surface area contributed by atoms with Gasteiger partial charge in [0.05, 0.1) is 11.7 Å². The number of amides is 1. The summed E-state index contributed by atoms with van der Waals surface area (Å²) in [5, 5.41) is 2.95. The van der Waals surface area contributed by atoms with Crippen LogP contribution in [0.4, 0.5) is 5.69 Å². The lowest BCUT2D eigenvalue weighted by molar-refractivity contribution is -0.120. The fourth-order valence-electron chi connectivity index (χ4n) is 2.69. The van der Waals surface area contributed by atoms with Crippen LogP contribution in [-0.2, 0) is 4.79 Å². The quantitative estimate of drug-likeness (QED) is 0.839. The van der Waals surface area contributed by atoms with Crippen LogP contribution in [0.1, 0.15) is 32.8 Å². The Morgan fingerprint density at radius 1 is 1.43 bits per heavy atom. The van der Waals surface area contributed by atoms with E-state index in [9.17, 15) is 4.79 Å². The third kappa shape index (κ3) is 3.80. The van der Waals surface area contributed by atoms with Crippen LogP contribution in [0, 0.1) is 5.41 Å². The summed E-state index contributed by atoms with van der Waals surface area (Å²) in [5.74, 6) is -0.0172. The maximum absolute atomic E-state index is 12.4. The second kappa shape index (κ2) is 6.12. The van der Waals surface area contributed by atoms with Gasteiger partial charge in [0.2, 0.25) is 5.91 Å². The van der Waals surface area contributed by atoms with Crippen LogP contribution in [0.15, 0.2) is 24.3 Å². The van der Waals surface area contributed by atoms with Gasteiger partial charge in [-0.25, -0.2) is 0 Å². The zero-order chi connectivity index (χ0) is 15.6. The third-order valence-corrected chi connectivity index (χ3v) is 4.30. The highest BCUT2D eigenvalue weighted by Gasteiger charge is 2.34. The van der Waals surface area contributed by atoms with Crippen molar-refractivity contribution >= 4 is 28.8 Å². The fraction of sp³-hybridized carbons (Fsp3) is 0.500. The summed E-state index contributed by atoms with van der Waals surface area (Å²) in [5.41, 5.74) is 7.36. The van der Waals surface area contributed by atoms with Gasteiger partial charge in [-0.3, -0.25) is 9.69 Å². The van der Waals surface area contributed by atoms with Crippen LogP contribution in [0.25, 0.3) is 0 Å². The second-order valence-corrected chi connectivity index (χ2v) is 6.90. The number of nitrogens with one attached hydrogen (secondary N) is 1. The smallest absolute Gasteiger partial charge is 0.241 e. The SMILES string of the molecule is CC(C(=O)Nc1ccccc1C(N)=S)N1CCC(C)(C)C1. The number of carbonyl (C=O) groups excluding carboxylic acids is 1. The molecule has 0 radical (unpaired) electrons. The van der Waals surface area contributed by atoms with E-state index in [0.29, 0.717) is 16.2 Å². The van der Waals surface area contributed by atoms with E-state index in [1.807, 2.05) is 31.2 Å². The molecule has 21 heavy (non-hydrogen) atoms. The highest BCUT2D eigenvalue weighted by atomic mass is 32.1. The number of thiocarbonyl (C=S) groups is 1. The average molecular weight is 305 g/mol. The lowest BCUT2D eigenvalue weighted by Crippen LogP contribution is -2.41. The minimum Gasteiger partial charge on any atom is -0.389 e. The first-order valence-corrected chi connectivity index (χ1v) is 7.65. The lowest BCUT2D eigenvalue weighted by atomic mass is 9.93. The molecule has 1 heterocycles. The second-order valence-electron chi connectivity index (χ2n) is 6.46. The third-order valence-electron chi connectivity index (χ3n) is 4.08. The van der Waals surface area contributed by atoms with E-state index in [-0.39, 0.29) is 17.4 Å². The van der Waals surface area contributed by atoms with E-state index >= 15 is 0 Å². The van der Waals surface area contributed by atoms with Crippen molar-refractivity contribution in [3.8, 4) is 0 Å². The first-order chi connectivity index (χ1) is 9.80. The normalized spacial score (nSPS) is 19.2. The van der Waals surface area contributed by atoms with Crippen LogP contribution < -0.4 is 11.1 Å². The number of benzene rings is 1. The molecule has 1 saturated heterocycles. The summed E-state index contributed by atoms with van der Waals surface area (Å²) < 4.78 is 0. The van der Waals surface area contributed by atoms with Gasteiger partial charge in [-0.15, -0.1) is 0 Å². The molecule has 1 amide bonds. The van der Waals surface area contributed by atoms with Gasteiger partial charge in [-0.1, -0.05) is 38.2 Å². The summed E-state index contributed by atoms with van der Waals surface area (Å²) in [7, 11) is 0. The molecule has 0 spiro atoms. The number of anilines is 1. The van der Waals surface area contributed by atoms with E-state index in [1.54, 1.807) is 0 Å². The van der Waals surface area contributed by atoms with Gasteiger partial charge in [-0.2, -0.15) is 0 Å². The van der Waals surface area contributed by atoms with E-state index in [4.69, 9.17) is 18.0 Å². The Labute approximate surface area is 131 Å². The minimum atomic E-state index is -0.161. The van der Waals surface area contributed by atoms with Crippen molar-refractivity contribution in [2.24, 2.45) is 11.1 Å². The first kappa shape index (κ1) is 15.9. The molecule has 1 aliphatic heterocycles. The fourth-order valence-corrected chi connectivity index (χ4v) is 2.87. The van der Waals surface area contributed by atoms with E-state index in [1.165, 1.54) is 0 Å². The molecule has 1 aliphatic rings. The van der Waals surface area contributed by atoms with Crippen molar-refractivity contribution in [2.45, 2.75) is 33.2 Å². The summed E-state index contributed by atoms with van der Waals surface area (Å²) in [6.07, 6.45) is 1.12. The molecule has 1 atom stereocenters. The van der Waals surface area contributed by atoms with Gasteiger partial charge in [0, 0.05) is 12.1 Å². The highest BCUT2D eigenvalue weighted by molar-refractivity contribution is 7.80. The van der Waals surface area contributed by atoms with Gasteiger partial charge >= 0.3 is 0 Å². The molecule has 0 bridgehead atoms. The van der Waals surface area contributed by atoms with Crippen LogP contribution in [0.5, 0.6) is 0 Å². The van der Waals surface area contributed by atoms with Crippen molar-refractivity contribution < 1.29 is 4.79 Å². The number of carbonyl (C=O) groups is 1. The van der Waals surface area contributed by atoms with E-state index < -0.39 is 0 Å². The molecule has 0 saturated carbocycles. The standard InChI is InChI=1S/C16H23N3OS/c1-11(19-9-8-16(2,3)10-19)15(20)18-13-7-5-4-6-12(13)14(17)21/h4-7,11H,8-10H2,1-3H3,(H2,17,21)(H,18,20). The molecule has 1 aromatic rings. The van der Waals surface area contributed by atoms with Gasteiger partial charge in [0.25, 0.3) is 0 Å². The molecule has 1 unspecified atom stereocenters. The van der Waals surface area contributed by atoms with Gasteiger partial charge in [-0.05, 0) is 37.4 Å². The molecule has 0 aliphatic carbocycles. The molecule has 1 fully saturated rings. The summed E-state index contributed by atoms with van der Waals surface area (Å²) in [6, 6.07) is 7.21. The van der Waals surface area contributed by atoms with Crippen molar-refractivity contribution in [2.75, 3.05) is 18.4 Å². The van der Waals surface area contributed by atoms with Crippen LogP contribution in [0.2, 0.25) is 0 Å². The number of para-hydroxylation sites is 1. The zero-order valence-corrected chi connectivity index (χ0v) is 13.7. The van der Waals surface area contributed by atoms with Gasteiger partial charge in [0.15, 0.2) is 0 Å². The predicted octanol–water partition coefficient (Wildman–Crippen LogP) is 2.38. The molecule has 0 aromatic heterocycles. The molecule has 2 rings (SSSR count). The van der Waals surface area contributed by atoms with Crippen LogP contribution >= 0.6 is 12.2 Å². The Morgan fingerprint density at radius 2 is 2.10 bits per heavy atom. The van der Waals surface area contributed by atoms with E-state index in [0.717, 1.165) is 19.5 Å². The number of hydrogen-bond acceptors (Lipinski definition) is 3. The van der Waals surface area contributed by atoms with Crippen molar-refractivity contribution in [1.82, 2.24) is 4.90 Å². The van der Waals surface area contributed by atoms with Crippen LogP contribution in [0.3, 0.4) is 0 Å². The number of nitrogens with two attached hydrogens (primary N) is 1. The molecular weight excluding hydrogens is 282 g/mol.